The van der Waals surface area contributed by atoms with E-state index in [0.29, 0.717) is 24.8 Å². The number of nitrogen functional groups attached to an aromatic ring is 1. The number of nitrogens with two attached hydrogens (primary N) is 1. The molecule has 4 N–H and O–H groups in total. The average Bonchev–Trinajstić information content (AvgIpc) is 2.38. The third-order valence-electron chi connectivity index (χ3n) is 2.87. The minimum absolute atomic E-state index is 0.0460. The lowest BCUT2D eigenvalue weighted by molar-refractivity contribution is 0.278. The summed E-state index contributed by atoms with van der Waals surface area (Å²) in [6.07, 6.45) is 2.74. The van der Waals surface area contributed by atoms with Gasteiger partial charge in [0.2, 0.25) is 10.0 Å². The first kappa shape index (κ1) is 15.8. The number of nitrogens with zero attached hydrogens (tertiary/aromatic N) is 2. The normalized spacial score (nSPS) is 12.1. The van der Waals surface area contributed by atoms with E-state index in [9.17, 15) is 8.42 Å². The molecule has 0 amide bonds. The standard InChI is InChI=1S/C11H21N5O2S/c1-9(2)16(3)7-6-14-19(17,18)11-8-13-5-4-10(11)15-12/h4-5,8-9,14H,6-7,12H2,1-3H3,(H,13,15). The Hall–Kier alpha value is -1.22. The second-order valence-electron chi connectivity index (χ2n) is 4.49. The number of rotatable bonds is 7. The van der Waals surface area contributed by atoms with Crippen molar-refractivity contribution in [1.29, 1.82) is 0 Å². The summed E-state index contributed by atoms with van der Waals surface area (Å²) in [5.41, 5.74) is 2.67. The summed E-state index contributed by atoms with van der Waals surface area (Å²) < 4.78 is 26.7. The number of likely N-dealkylation sites (N-methyl/N-ethyl adjacent to an activating group) is 1. The Balaban J connectivity index is 2.71. The predicted molar refractivity (Wildman–Crippen MR) is 75.0 cm³/mol. The predicted octanol–water partition coefficient (Wildman–Crippen LogP) is -0.0143. The van der Waals surface area contributed by atoms with Gasteiger partial charge in [0, 0.05) is 31.5 Å². The third kappa shape index (κ3) is 4.43. The monoisotopic (exact) mass is 287 g/mol. The molecule has 19 heavy (non-hydrogen) atoms. The van der Waals surface area contributed by atoms with Gasteiger partial charge in [0.15, 0.2) is 0 Å². The van der Waals surface area contributed by atoms with Crippen LogP contribution in [0.4, 0.5) is 5.69 Å². The Morgan fingerprint density at radius 1 is 1.47 bits per heavy atom. The summed E-state index contributed by atoms with van der Waals surface area (Å²) in [5, 5.41) is 0. The Kier molecular flexibility index (Phi) is 5.67. The van der Waals surface area contributed by atoms with Gasteiger partial charge < -0.3 is 10.3 Å². The van der Waals surface area contributed by atoms with Crippen molar-refractivity contribution in [1.82, 2.24) is 14.6 Å². The molecule has 0 aliphatic carbocycles. The minimum atomic E-state index is -3.61. The Bertz CT molecular complexity index is 504. The average molecular weight is 287 g/mol. The molecule has 1 aromatic heterocycles. The van der Waals surface area contributed by atoms with Gasteiger partial charge in [-0.3, -0.25) is 10.8 Å². The highest BCUT2D eigenvalue weighted by Gasteiger charge is 2.18. The maximum Gasteiger partial charge on any atom is 0.244 e. The minimum Gasteiger partial charge on any atom is -0.323 e. The molecule has 108 valence electrons. The van der Waals surface area contributed by atoms with Crippen LogP contribution in [0.5, 0.6) is 0 Å². The van der Waals surface area contributed by atoms with Crippen LogP contribution in [0.15, 0.2) is 23.4 Å². The fourth-order valence-electron chi connectivity index (χ4n) is 1.41. The van der Waals surface area contributed by atoms with Crippen molar-refractivity contribution in [2.75, 3.05) is 25.6 Å². The van der Waals surface area contributed by atoms with Crippen LogP contribution in [0.25, 0.3) is 0 Å². The van der Waals surface area contributed by atoms with Gasteiger partial charge in [0.25, 0.3) is 0 Å². The molecule has 1 aromatic rings. The van der Waals surface area contributed by atoms with Crippen molar-refractivity contribution < 1.29 is 8.42 Å². The smallest absolute Gasteiger partial charge is 0.244 e. The van der Waals surface area contributed by atoms with Crippen LogP contribution in [0.1, 0.15) is 13.8 Å². The Morgan fingerprint density at radius 2 is 2.16 bits per heavy atom. The molecular formula is C11H21N5O2S. The van der Waals surface area contributed by atoms with Crippen LogP contribution >= 0.6 is 0 Å². The molecule has 0 fully saturated rings. The van der Waals surface area contributed by atoms with Gasteiger partial charge in [-0.15, -0.1) is 0 Å². The first-order chi connectivity index (χ1) is 8.88. The van der Waals surface area contributed by atoms with Gasteiger partial charge in [0.1, 0.15) is 4.90 Å². The summed E-state index contributed by atoms with van der Waals surface area (Å²) >= 11 is 0. The zero-order valence-electron chi connectivity index (χ0n) is 11.4. The molecule has 0 atom stereocenters. The van der Waals surface area contributed by atoms with E-state index >= 15 is 0 Å². The van der Waals surface area contributed by atoms with E-state index in [-0.39, 0.29) is 4.90 Å². The Morgan fingerprint density at radius 3 is 2.74 bits per heavy atom. The molecule has 0 radical (unpaired) electrons. The second kappa shape index (κ2) is 6.80. The number of hydrogen-bond donors (Lipinski definition) is 3. The fourth-order valence-corrected chi connectivity index (χ4v) is 2.54. The highest BCUT2D eigenvalue weighted by Crippen LogP contribution is 2.17. The van der Waals surface area contributed by atoms with Crippen LogP contribution in [0, 0.1) is 0 Å². The van der Waals surface area contributed by atoms with E-state index in [1.807, 2.05) is 25.8 Å². The molecule has 0 unspecified atom stereocenters. The molecule has 0 spiro atoms. The van der Waals surface area contributed by atoms with Crippen molar-refractivity contribution in [3.05, 3.63) is 18.5 Å². The van der Waals surface area contributed by atoms with Crippen molar-refractivity contribution in [2.45, 2.75) is 24.8 Å². The number of nitrogens with one attached hydrogen (secondary N) is 2. The van der Waals surface area contributed by atoms with Gasteiger partial charge in [-0.25, -0.2) is 13.1 Å². The summed E-state index contributed by atoms with van der Waals surface area (Å²) in [6, 6.07) is 1.87. The first-order valence-corrected chi connectivity index (χ1v) is 7.47. The topological polar surface area (TPSA) is 100 Å². The quantitative estimate of drug-likeness (QED) is 0.481. The van der Waals surface area contributed by atoms with E-state index in [1.54, 1.807) is 0 Å². The number of aromatic nitrogens is 1. The van der Waals surface area contributed by atoms with Gasteiger partial charge in [-0.2, -0.15) is 0 Å². The van der Waals surface area contributed by atoms with Crippen molar-refractivity contribution >= 4 is 15.7 Å². The fraction of sp³-hybridized carbons (Fsp3) is 0.545. The molecule has 0 saturated heterocycles. The molecule has 0 aromatic carbocycles. The molecule has 1 heterocycles. The van der Waals surface area contributed by atoms with E-state index in [0.717, 1.165) is 0 Å². The van der Waals surface area contributed by atoms with E-state index in [1.165, 1.54) is 18.5 Å². The van der Waals surface area contributed by atoms with Crippen LogP contribution in [0.3, 0.4) is 0 Å². The van der Waals surface area contributed by atoms with E-state index in [2.05, 4.69) is 15.1 Å². The number of hydrogen-bond acceptors (Lipinski definition) is 6. The first-order valence-electron chi connectivity index (χ1n) is 5.99. The maximum absolute atomic E-state index is 12.1. The van der Waals surface area contributed by atoms with Crippen LogP contribution in [0.2, 0.25) is 0 Å². The zero-order chi connectivity index (χ0) is 14.5. The lowest BCUT2D eigenvalue weighted by Gasteiger charge is -2.21. The molecule has 0 saturated carbocycles. The largest absolute Gasteiger partial charge is 0.323 e. The van der Waals surface area contributed by atoms with Gasteiger partial charge in [-0.1, -0.05) is 0 Å². The highest BCUT2D eigenvalue weighted by atomic mass is 32.2. The summed E-state index contributed by atoms with van der Waals surface area (Å²) in [4.78, 5) is 5.90. The number of hydrazine groups is 1. The summed E-state index contributed by atoms with van der Waals surface area (Å²) in [5.74, 6) is 5.29. The molecular weight excluding hydrogens is 266 g/mol. The molecule has 7 nitrogen and oxygen atoms in total. The zero-order valence-corrected chi connectivity index (χ0v) is 12.2. The molecule has 0 bridgehead atoms. The second-order valence-corrected chi connectivity index (χ2v) is 6.22. The third-order valence-corrected chi connectivity index (χ3v) is 4.36. The summed E-state index contributed by atoms with van der Waals surface area (Å²) in [7, 11) is -1.67. The number of pyridine rings is 1. The van der Waals surface area contributed by atoms with Crippen molar-refractivity contribution in [2.24, 2.45) is 5.84 Å². The number of anilines is 1. The number of sulfonamides is 1. The highest BCUT2D eigenvalue weighted by molar-refractivity contribution is 7.89. The van der Waals surface area contributed by atoms with Crippen LogP contribution in [-0.4, -0.2) is 44.5 Å². The maximum atomic E-state index is 12.1. The van der Waals surface area contributed by atoms with Crippen molar-refractivity contribution in [3.63, 3.8) is 0 Å². The molecule has 0 aliphatic heterocycles. The van der Waals surface area contributed by atoms with Gasteiger partial charge >= 0.3 is 0 Å². The van der Waals surface area contributed by atoms with Crippen LogP contribution < -0.4 is 16.0 Å². The summed E-state index contributed by atoms with van der Waals surface area (Å²) in [6.45, 7) is 5.05. The SMILES string of the molecule is CC(C)N(C)CCNS(=O)(=O)c1cnccc1NN. The van der Waals surface area contributed by atoms with Gasteiger partial charge in [0.05, 0.1) is 5.69 Å². The van der Waals surface area contributed by atoms with E-state index < -0.39 is 10.0 Å². The molecule has 0 aliphatic rings. The Labute approximate surface area is 114 Å². The van der Waals surface area contributed by atoms with E-state index in [4.69, 9.17) is 5.84 Å². The molecule has 1 rings (SSSR count). The van der Waals surface area contributed by atoms with Crippen molar-refractivity contribution in [3.8, 4) is 0 Å². The molecule has 8 heteroatoms. The lowest BCUT2D eigenvalue weighted by Crippen LogP contribution is -2.36. The van der Waals surface area contributed by atoms with Gasteiger partial charge in [-0.05, 0) is 27.0 Å². The van der Waals surface area contributed by atoms with Crippen LogP contribution in [-0.2, 0) is 10.0 Å². The lowest BCUT2D eigenvalue weighted by atomic mass is 10.3.